The number of thiazole rings is 1. The Bertz CT molecular complexity index is 1720. The van der Waals surface area contributed by atoms with E-state index in [0.717, 1.165) is 4.88 Å². The van der Waals surface area contributed by atoms with Crippen molar-refractivity contribution < 1.29 is 23.5 Å². The fourth-order valence-corrected chi connectivity index (χ4v) is 6.09. The van der Waals surface area contributed by atoms with Gasteiger partial charge in [-0.1, -0.05) is 29.5 Å². The van der Waals surface area contributed by atoms with E-state index in [0.29, 0.717) is 49.9 Å². The van der Waals surface area contributed by atoms with Crippen LogP contribution >= 0.6 is 22.7 Å². The first-order valence-corrected chi connectivity index (χ1v) is 13.7. The molecule has 0 amide bonds. The second-order valence-corrected chi connectivity index (χ2v) is 10.3. The van der Waals surface area contributed by atoms with E-state index in [-0.39, 0.29) is 12.2 Å². The van der Waals surface area contributed by atoms with E-state index in [4.69, 9.17) is 13.9 Å². The van der Waals surface area contributed by atoms with Gasteiger partial charge in [-0.3, -0.25) is 9.36 Å². The Hall–Kier alpha value is -4.02. The van der Waals surface area contributed by atoms with Crippen molar-refractivity contribution in [3.8, 4) is 11.3 Å². The average molecular weight is 549 g/mol. The summed E-state index contributed by atoms with van der Waals surface area (Å²) >= 11 is 2.69. The fourth-order valence-electron chi connectivity index (χ4n) is 4.24. The molecule has 1 aliphatic rings. The number of hydrogen-bond acceptors (Lipinski definition) is 9. The largest absolute Gasteiger partial charge is 0.463 e. The van der Waals surface area contributed by atoms with Gasteiger partial charge in [-0.2, -0.15) is 0 Å². The van der Waals surface area contributed by atoms with E-state index in [1.165, 1.54) is 22.7 Å². The van der Waals surface area contributed by atoms with Crippen molar-refractivity contribution in [2.45, 2.75) is 26.8 Å². The van der Waals surface area contributed by atoms with Crippen LogP contribution in [0.25, 0.3) is 17.4 Å². The number of aromatic nitrogens is 1. The molecule has 0 N–H and O–H groups in total. The minimum absolute atomic E-state index is 0.223. The van der Waals surface area contributed by atoms with Gasteiger partial charge in [0.2, 0.25) is 0 Å². The number of carbonyl (C=O) groups excluding carboxylic acids is 2. The lowest BCUT2D eigenvalue weighted by atomic mass is 10.0. The third-order valence-corrected chi connectivity index (χ3v) is 7.80. The summed E-state index contributed by atoms with van der Waals surface area (Å²) in [4.78, 5) is 44.5. The summed E-state index contributed by atoms with van der Waals surface area (Å²) in [6.45, 7) is 5.77. The zero-order valence-corrected chi connectivity index (χ0v) is 22.6. The highest BCUT2D eigenvalue weighted by Crippen LogP contribution is 2.33. The number of furan rings is 1. The number of ether oxygens (including phenoxy) is 2. The first-order chi connectivity index (χ1) is 18.4. The van der Waals surface area contributed by atoms with Gasteiger partial charge in [0.15, 0.2) is 4.80 Å². The lowest BCUT2D eigenvalue weighted by Crippen LogP contribution is -2.39. The normalized spacial score (nSPS) is 15.2. The van der Waals surface area contributed by atoms with Crippen molar-refractivity contribution in [3.05, 3.63) is 101 Å². The predicted molar refractivity (Wildman–Crippen MR) is 145 cm³/mol. The Kier molecular flexibility index (Phi) is 7.26. The van der Waals surface area contributed by atoms with Crippen molar-refractivity contribution in [2.24, 2.45) is 4.99 Å². The molecule has 0 spiro atoms. The molecule has 1 aromatic carbocycles. The maximum Gasteiger partial charge on any atom is 0.338 e. The van der Waals surface area contributed by atoms with Crippen LogP contribution in [-0.4, -0.2) is 29.7 Å². The molecule has 1 atom stereocenters. The number of allylic oxidation sites excluding steroid dienone is 1. The zero-order valence-electron chi connectivity index (χ0n) is 20.9. The standard InChI is InChI=1S/C28H24N2O6S2/c1-4-34-26(32)18-9-6-8-17(14-18)20-12-11-19(36-20)15-22-25(31)30-24(21-10-7-13-37-21)23(27(33)35-5-2)16(3)29-28(30)38-22/h6-15,24H,4-5H2,1-3H3/b22-15-. The minimum Gasteiger partial charge on any atom is -0.463 e. The predicted octanol–water partition coefficient (Wildman–Crippen LogP) is 4.30. The van der Waals surface area contributed by atoms with Crippen molar-refractivity contribution in [1.82, 2.24) is 4.57 Å². The van der Waals surface area contributed by atoms with Crippen LogP contribution in [0.4, 0.5) is 0 Å². The highest BCUT2D eigenvalue weighted by Gasteiger charge is 2.33. The highest BCUT2D eigenvalue weighted by molar-refractivity contribution is 7.10. The molecule has 194 valence electrons. The maximum atomic E-state index is 13.6. The van der Waals surface area contributed by atoms with Gasteiger partial charge < -0.3 is 13.9 Å². The van der Waals surface area contributed by atoms with Crippen LogP contribution in [0.1, 0.15) is 47.8 Å². The lowest BCUT2D eigenvalue weighted by Gasteiger charge is -2.23. The molecule has 0 fully saturated rings. The zero-order chi connectivity index (χ0) is 26.8. The third-order valence-electron chi connectivity index (χ3n) is 5.89. The maximum absolute atomic E-state index is 13.6. The minimum atomic E-state index is -0.620. The summed E-state index contributed by atoms with van der Waals surface area (Å²) in [5, 5.41) is 1.91. The average Bonchev–Trinajstić information content (AvgIpc) is 3.66. The number of fused-ring (bicyclic) bond motifs is 1. The molecule has 4 heterocycles. The molecule has 0 saturated heterocycles. The molecular weight excluding hydrogens is 524 g/mol. The first kappa shape index (κ1) is 25.6. The molecule has 1 aliphatic heterocycles. The molecule has 0 bridgehead atoms. The summed E-state index contributed by atoms with van der Waals surface area (Å²) in [6, 6.07) is 13.7. The number of rotatable bonds is 7. The summed E-state index contributed by atoms with van der Waals surface area (Å²) in [6.07, 6.45) is 1.66. The van der Waals surface area contributed by atoms with Crippen molar-refractivity contribution in [1.29, 1.82) is 0 Å². The van der Waals surface area contributed by atoms with E-state index in [2.05, 4.69) is 4.99 Å². The van der Waals surface area contributed by atoms with Crippen LogP contribution in [0, 0.1) is 0 Å². The summed E-state index contributed by atoms with van der Waals surface area (Å²) in [5.74, 6) is 0.134. The number of thiophene rings is 1. The van der Waals surface area contributed by atoms with Crippen molar-refractivity contribution in [3.63, 3.8) is 0 Å². The van der Waals surface area contributed by atoms with Gasteiger partial charge in [0.1, 0.15) is 17.6 Å². The number of esters is 2. The van der Waals surface area contributed by atoms with Crippen LogP contribution in [0.2, 0.25) is 0 Å². The monoisotopic (exact) mass is 548 g/mol. The number of carbonyl (C=O) groups is 2. The fraction of sp³-hybridized carbons (Fsp3) is 0.214. The highest BCUT2D eigenvalue weighted by atomic mass is 32.1. The van der Waals surface area contributed by atoms with E-state index in [1.54, 1.807) is 61.7 Å². The van der Waals surface area contributed by atoms with Gasteiger partial charge in [0.05, 0.1) is 34.6 Å². The van der Waals surface area contributed by atoms with Gasteiger partial charge in [-0.05, 0) is 56.5 Å². The molecule has 4 aromatic rings. The van der Waals surface area contributed by atoms with Crippen molar-refractivity contribution >= 4 is 40.7 Å². The molecule has 10 heteroatoms. The third kappa shape index (κ3) is 4.80. The second-order valence-electron chi connectivity index (χ2n) is 8.32. The summed E-state index contributed by atoms with van der Waals surface area (Å²) in [7, 11) is 0. The smallest absolute Gasteiger partial charge is 0.338 e. The SMILES string of the molecule is CCOC(=O)C1=C(C)N=c2s/c(=C\c3ccc(-c4cccc(C(=O)OCC)c4)o3)c(=O)n2C1c1cccs1. The van der Waals surface area contributed by atoms with Gasteiger partial charge in [-0.25, -0.2) is 14.6 Å². The summed E-state index contributed by atoms with van der Waals surface area (Å²) in [5.41, 5.74) is 1.75. The molecular formula is C28H24N2O6S2. The van der Waals surface area contributed by atoms with Gasteiger partial charge in [0.25, 0.3) is 5.56 Å². The second kappa shape index (κ2) is 10.8. The molecule has 38 heavy (non-hydrogen) atoms. The molecule has 1 unspecified atom stereocenters. The lowest BCUT2D eigenvalue weighted by molar-refractivity contribution is -0.139. The molecule has 0 radical (unpaired) electrons. The van der Waals surface area contributed by atoms with Gasteiger partial charge in [0, 0.05) is 16.5 Å². The Morgan fingerprint density at radius 3 is 2.61 bits per heavy atom. The topological polar surface area (TPSA) is 100 Å². The quantitative estimate of drug-likeness (QED) is 0.320. The molecule has 0 aliphatic carbocycles. The number of nitrogens with zero attached hydrogens (tertiary/aromatic N) is 2. The van der Waals surface area contributed by atoms with Crippen LogP contribution in [0.5, 0.6) is 0 Å². The Morgan fingerprint density at radius 1 is 1.08 bits per heavy atom. The van der Waals surface area contributed by atoms with E-state index >= 15 is 0 Å². The van der Waals surface area contributed by atoms with E-state index < -0.39 is 18.0 Å². The Balaban J connectivity index is 1.55. The Labute approximate surface area is 225 Å². The van der Waals surface area contributed by atoms with Gasteiger partial charge >= 0.3 is 11.9 Å². The van der Waals surface area contributed by atoms with Crippen molar-refractivity contribution in [2.75, 3.05) is 13.2 Å². The molecule has 0 saturated carbocycles. The molecule has 8 nitrogen and oxygen atoms in total. The van der Waals surface area contributed by atoms with Crippen LogP contribution in [-0.2, 0) is 14.3 Å². The van der Waals surface area contributed by atoms with E-state index in [1.807, 2.05) is 23.6 Å². The van der Waals surface area contributed by atoms with Crippen LogP contribution in [0.3, 0.4) is 0 Å². The van der Waals surface area contributed by atoms with E-state index in [9.17, 15) is 14.4 Å². The molecule has 3 aromatic heterocycles. The number of benzene rings is 1. The molecule has 5 rings (SSSR count). The number of hydrogen-bond donors (Lipinski definition) is 0. The first-order valence-electron chi connectivity index (χ1n) is 12.0. The van der Waals surface area contributed by atoms with Crippen LogP contribution < -0.4 is 14.9 Å². The van der Waals surface area contributed by atoms with Crippen LogP contribution in [0.15, 0.2) is 79.4 Å². The van der Waals surface area contributed by atoms with Gasteiger partial charge in [-0.15, -0.1) is 11.3 Å². The summed E-state index contributed by atoms with van der Waals surface area (Å²) < 4.78 is 18.4. The Morgan fingerprint density at radius 2 is 1.87 bits per heavy atom.